The second-order valence-corrected chi connectivity index (χ2v) is 6.88. The summed E-state index contributed by atoms with van der Waals surface area (Å²) in [6.07, 6.45) is 5.30. The van der Waals surface area contributed by atoms with E-state index in [1.165, 1.54) is 12.1 Å². The van der Waals surface area contributed by atoms with E-state index < -0.39 is 0 Å². The van der Waals surface area contributed by atoms with E-state index in [4.69, 9.17) is 11.6 Å². The van der Waals surface area contributed by atoms with Crippen molar-refractivity contribution in [1.29, 1.82) is 0 Å². The Morgan fingerprint density at radius 2 is 1.85 bits per heavy atom. The SMILES string of the molecule is O=C(c1cnn(-c2ccc(Cl)cc2)c1)N(Cc1ccc(F)cc1)C1CC1. The summed E-state index contributed by atoms with van der Waals surface area (Å²) in [7, 11) is 0. The highest BCUT2D eigenvalue weighted by Gasteiger charge is 2.33. The standard InChI is InChI=1S/C20H17ClFN3O/c21-16-3-7-19(8-4-16)25-13-15(11-23-25)20(26)24(18-9-10-18)12-14-1-5-17(22)6-2-14/h1-8,11,13,18H,9-10,12H2. The summed E-state index contributed by atoms with van der Waals surface area (Å²) in [6.45, 7) is 0.468. The molecule has 0 saturated heterocycles. The lowest BCUT2D eigenvalue weighted by Crippen LogP contribution is -2.32. The molecule has 1 heterocycles. The van der Waals surface area contributed by atoms with Gasteiger partial charge < -0.3 is 4.90 Å². The molecule has 0 atom stereocenters. The number of halogens is 2. The van der Waals surface area contributed by atoms with Crippen LogP contribution in [-0.4, -0.2) is 26.6 Å². The van der Waals surface area contributed by atoms with Gasteiger partial charge in [-0.05, 0) is 54.8 Å². The zero-order valence-electron chi connectivity index (χ0n) is 14.0. The van der Waals surface area contributed by atoms with E-state index in [0.29, 0.717) is 17.1 Å². The summed E-state index contributed by atoms with van der Waals surface area (Å²) in [5, 5.41) is 4.94. The van der Waals surface area contributed by atoms with Gasteiger partial charge in [0.2, 0.25) is 0 Å². The molecule has 3 aromatic rings. The van der Waals surface area contributed by atoms with Crippen LogP contribution in [0.15, 0.2) is 60.9 Å². The van der Waals surface area contributed by atoms with Crippen LogP contribution in [0, 0.1) is 5.82 Å². The Morgan fingerprint density at radius 1 is 1.15 bits per heavy atom. The van der Waals surface area contributed by atoms with Crippen molar-refractivity contribution in [3.63, 3.8) is 0 Å². The molecule has 2 aromatic carbocycles. The monoisotopic (exact) mass is 369 g/mol. The van der Waals surface area contributed by atoms with Crippen LogP contribution in [0.3, 0.4) is 0 Å². The summed E-state index contributed by atoms with van der Waals surface area (Å²) in [5.74, 6) is -0.334. The molecule has 132 valence electrons. The third kappa shape index (κ3) is 3.63. The first kappa shape index (κ1) is 16.8. The maximum absolute atomic E-state index is 13.1. The van der Waals surface area contributed by atoms with Crippen molar-refractivity contribution in [2.75, 3.05) is 0 Å². The minimum Gasteiger partial charge on any atom is -0.331 e. The molecular weight excluding hydrogens is 353 g/mol. The number of carbonyl (C=O) groups excluding carboxylic acids is 1. The number of aromatic nitrogens is 2. The van der Waals surface area contributed by atoms with Crippen LogP contribution in [0.25, 0.3) is 5.69 Å². The van der Waals surface area contributed by atoms with Gasteiger partial charge in [-0.15, -0.1) is 0 Å². The van der Waals surface area contributed by atoms with Crippen LogP contribution in [0.4, 0.5) is 4.39 Å². The van der Waals surface area contributed by atoms with Gasteiger partial charge in [-0.3, -0.25) is 4.79 Å². The van der Waals surface area contributed by atoms with Crippen LogP contribution in [0.2, 0.25) is 5.02 Å². The zero-order valence-corrected chi connectivity index (χ0v) is 14.7. The first-order valence-corrected chi connectivity index (χ1v) is 8.84. The number of carbonyl (C=O) groups is 1. The topological polar surface area (TPSA) is 38.1 Å². The predicted molar refractivity (Wildman–Crippen MR) is 97.9 cm³/mol. The highest BCUT2D eigenvalue weighted by Crippen LogP contribution is 2.30. The van der Waals surface area contributed by atoms with Gasteiger partial charge in [-0.25, -0.2) is 9.07 Å². The Balaban J connectivity index is 1.54. The second-order valence-electron chi connectivity index (χ2n) is 6.44. The molecule has 6 heteroatoms. The molecule has 1 aromatic heterocycles. The maximum atomic E-state index is 13.1. The molecule has 0 unspecified atom stereocenters. The molecule has 0 aliphatic heterocycles. The molecular formula is C20H17ClFN3O. The van der Waals surface area contributed by atoms with Gasteiger partial charge in [-0.1, -0.05) is 23.7 Å². The van der Waals surface area contributed by atoms with Gasteiger partial charge in [0.05, 0.1) is 17.4 Å². The van der Waals surface area contributed by atoms with Crippen molar-refractivity contribution in [2.45, 2.75) is 25.4 Å². The number of hydrogen-bond acceptors (Lipinski definition) is 2. The summed E-state index contributed by atoms with van der Waals surface area (Å²) >= 11 is 5.91. The summed E-state index contributed by atoms with van der Waals surface area (Å²) in [6, 6.07) is 13.8. The van der Waals surface area contributed by atoms with Gasteiger partial charge in [-0.2, -0.15) is 5.10 Å². The average molecular weight is 370 g/mol. The quantitative estimate of drug-likeness (QED) is 0.665. The number of nitrogens with zero attached hydrogens (tertiary/aromatic N) is 3. The molecule has 1 fully saturated rings. The lowest BCUT2D eigenvalue weighted by atomic mass is 10.2. The van der Waals surface area contributed by atoms with Crippen LogP contribution < -0.4 is 0 Å². The number of amides is 1. The second kappa shape index (κ2) is 6.92. The smallest absolute Gasteiger partial charge is 0.257 e. The van der Waals surface area contributed by atoms with Crippen molar-refractivity contribution in [1.82, 2.24) is 14.7 Å². The van der Waals surface area contributed by atoms with Crippen LogP contribution in [0.1, 0.15) is 28.8 Å². The number of hydrogen-bond donors (Lipinski definition) is 0. The van der Waals surface area contributed by atoms with E-state index in [9.17, 15) is 9.18 Å². The van der Waals surface area contributed by atoms with Gasteiger partial charge in [0, 0.05) is 23.8 Å². The fraction of sp³-hybridized carbons (Fsp3) is 0.200. The molecule has 1 aliphatic carbocycles. The molecule has 1 aliphatic rings. The molecule has 1 saturated carbocycles. The van der Waals surface area contributed by atoms with Crippen LogP contribution >= 0.6 is 11.6 Å². The van der Waals surface area contributed by atoms with Crippen molar-refractivity contribution < 1.29 is 9.18 Å². The van der Waals surface area contributed by atoms with E-state index in [-0.39, 0.29) is 17.8 Å². The third-order valence-corrected chi connectivity index (χ3v) is 4.69. The zero-order chi connectivity index (χ0) is 18.1. The van der Waals surface area contributed by atoms with Crippen molar-refractivity contribution in [3.8, 4) is 5.69 Å². The lowest BCUT2D eigenvalue weighted by Gasteiger charge is -2.22. The fourth-order valence-corrected chi connectivity index (χ4v) is 3.00. The van der Waals surface area contributed by atoms with E-state index in [1.807, 2.05) is 17.0 Å². The van der Waals surface area contributed by atoms with Crippen LogP contribution in [0.5, 0.6) is 0 Å². The molecule has 0 N–H and O–H groups in total. The highest BCUT2D eigenvalue weighted by molar-refractivity contribution is 6.30. The number of rotatable bonds is 5. The summed E-state index contributed by atoms with van der Waals surface area (Å²) < 4.78 is 14.8. The third-order valence-electron chi connectivity index (χ3n) is 4.44. The lowest BCUT2D eigenvalue weighted by molar-refractivity contribution is 0.0730. The highest BCUT2D eigenvalue weighted by atomic mass is 35.5. The molecule has 0 radical (unpaired) electrons. The Morgan fingerprint density at radius 3 is 2.50 bits per heavy atom. The first-order chi connectivity index (χ1) is 12.6. The van der Waals surface area contributed by atoms with Gasteiger partial charge >= 0.3 is 0 Å². The van der Waals surface area contributed by atoms with Gasteiger partial charge in [0.25, 0.3) is 5.91 Å². The van der Waals surface area contributed by atoms with E-state index in [2.05, 4.69) is 5.10 Å². The summed E-state index contributed by atoms with van der Waals surface area (Å²) in [4.78, 5) is 14.8. The average Bonchev–Trinajstić information content (AvgIpc) is 3.37. The first-order valence-electron chi connectivity index (χ1n) is 8.46. The Labute approximate surface area is 155 Å². The minimum absolute atomic E-state index is 0.0583. The minimum atomic E-state index is -0.276. The van der Waals surface area contributed by atoms with E-state index in [0.717, 1.165) is 24.1 Å². The van der Waals surface area contributed by atoms with Crippen molar-refractivity contribution in [2.24, 2.45) is 0 Å². The Hall–Kier alpha value is -2.66. The van der Waals surface area contributed by atoms with Crippen LogP contribution in [-0.2, 0) is 6.54 Å². The largest absolute Gasteiger partial charge is 0.331 e. The fourth-order valence-electron chi connectivity index (χ4n) is 2.87. The summed E-state index contributed by atoms with van der Waals surface area (Å²) in [5.41, 5.74) is 2.29. The molecule has 0 spiro atoms. The molecule has 4 rings (SSSR count). The predicted octanol–water partition coefficient (Wildman–Crippen LogP) is 4.47. The van der Waals surface area contributed by atoms with Gasteiger partial charge in [0.15, 0.2) is 0 Å². The maximum Gasteiger partial charge on any atom is 0.257 e. The Bertz CT molecular complexity index is 917. The van der Waals surface area contributed by atoms with Gasteiger partial charge in [0.1, 0.15) is 5.82 Å². The van der Waals surface area contributed by atoms with Crippen molar-refractivity contribution in [3.05, 3.63) is 82.9 Å². The molecule has 26 heavy (non-hydrogen) atoms. The van der Waals surface area contributed by atoms with E-state index in [1.54, 1.807) is 41.3 Å². The molecule has 1 amide bonds. The molecule has 4 nitrogen and oxygen atoms in total. The normalized spacial score (nSPS) is 13.6. The molecule has 0 bridgehead atoms. The van der Waals surface area contributed by atoms with Crippen molar-refractivity contribution >= 4 is 17.5 Å². The number of benzene rings is 2. The Kier molecular flexibility index (Phi) is 4.47. The van der Waals surface area contributed by atoms with E-state index >= 15 is 0 Å².